The highest BCUT2D eigenvalue weighted by Gasteiger charge is 2.14. The number of nitrogen functional groups attached to an aromatic ring is 1. The van der Waals surface area contributed by atoms with Gasteiger partial charge in [0.2, 0.25) is 0 Å². The summed E-state index contributed by atoms with van der Waals surface area (Å²) in [5, 5.41) is 12.0. The predicted molar refractivity (Wildman–Crippen MR) is 78.2 cm³/mol. The molecule has 106 valence electrons. The molecule has 0 bridgehead atoms. The fourth-order valence-electron chi connectivity index (χ4n) is 2.02. The number of rotatable bonds is 3. The Bertz CT molecular complexity index is 787. The lowest BCUT2D eigenvalue weighted by Gasteiger charge is -2.06. The monoisotopic (exact) mass is 303 g/mol. The van der Waals surface area contributed by atoms with Crippen molar-refractivity contribution in [2.45, 2.75) is 6.54 Å². The van der Waals surface area contributed by atoms with Crippen LogP contribution >= 0.6 is 11.6 Å². The van der Waals surface area contributed by atoms with Gasteiger partial charge in [0, 0.05) is 10.7 Å². The van der Waals surface area contributed by atoms with Crippen molar-refractivity contribution in [1.82, 2.24) is 20.2 Å². The molecule has 0 aliphatic rings. The minimum Gasteiger partial charge on any atom is -0.399 e. The second kappa shape index (κ2) is 5.49. The zero-order chi connectivity index (χ0) is 14.8. The molecule has 2 N–H and O–H groups in total. The summed E-state index contributed by atoms with van der Waals surface area (Å²) in [7, 11) is 0. The lowest BCUT2D eigenvalue weighted by atomic mass is 10.1. The molecule has 5 nitrogen and oxygen atoms in total. The Morgan fingerprint density at radius 1 is 1.19 bits per heavy atom. The number of tetrazole rings is 1. The molecular formula is C14H11ClFN5. The Morgan fingerprint density at radius 2 is 2.05 bits per heavy atom. The van der Waals surface area contributed by atoms with Gasteiger partial charge < -0.3 is 5.73 Å². The number of hydrogen-bond acceptors (Lipinski definition) is 4. The fourth-order valence-corrected chi connectivity index (χ4v) is 2.24. The molecule has 0 saturated carbocycles. The molecule has 21 heavy (non-hydrogen) atoms. The van der Waals surface area contributed by atoms with Crippen molar-refractivity contribution in [2.24, 2.45) is 0 Å². The minimum absolute atomic E-state index is 0.302. The molecule has 0 aliphatic carbocycles. The van der Waals surface area contributed by atoms with E-state index in [0.717, 1.165) is 5.56 Å². The molecule has 0 spiro atoms. The molecule has 1 heterocycles. The van der Waals surface area contributed by atoms with Crippen LogP contribution in [0.1, 0.15) is 5.56 Å². The highest BCUT2D eigenvalue weighted by Crippen LogP contribution is 2.22. The number of benzene rings is 2. The summed E-state index contributed by atoms with van der Waals surface area (Å²) in [6, 6.07) is 11.7. The Morgan fingerprint density at radius 3 is 2.81 bits per heavy atom. The maximum atomic E-state index is 14.0. The first-order valence-corrected chi connectivity index (χ1v) is 6.57. The van der Waals surface area contributed by atoms with E-state index in [1.807, 2.05) is 18.2 Å². The standard InChI is InChI=1S/C14H11ClFN5/c15-10-3-1-2-9(6-10)8-21-14(18-19-20-21)12-5-4-11(17)7-13(12)16/h1-7H,8,17H2. The lowest BCUT2D eigenvalue weighted by molar-refractivity contribution is 0.621. The summed E-state index contributed by atoms with van der Waals surface area (Å²) >= 11 is 5.95. The van der Waals surface area contributed by atoms with Crippen LogP contribution in [0.3, 0.4) is 0 Å². The van der Waals surface area contributed by atoms with Crippen LogP contribution in [-0.4, -0.2) is 20.2 Å². The first-order chi connectivity index (χ1) is 10.1. The van der Waals surface area contributed by atoms with E-state index in [1.165, 1.54) is 10.7 Å². The quantitative estimate of drug-likeness (QED) is 0.755. The Hall–Kier alpha value is -2.47. The number of halogens is 2. The number of anilines is 1. The van der Waals surface area contributed by atoms with E-state index in [2.05, 4.69) is 15.5 Å². The maximum Gasteiger partial charge on any atom is 0.185 e. The third kappa shape index (κ3) is 2.85. The molecule has 1 aromatic heterocycles. The molecule has 0 amide bonds. The summed E-state index contributed by atoms with van der Waals surface area (Å²) in [6.45, 7) is 0.396. The predicted octanol–water partition coefficient (Wildman–Crippen LogP) is 2.76. The first kappa shape index (κ1) is 13.5. The van der Waals surface area contributed by atoms with Crippen LogP contribution in [0.5, 0.6) is 0 Å². The van der Waals surface area contributed by atoms with Crippen LogP contribution in [0.25, 0.3) is 11.4 Å². The summed E-state index contributed by atoms with van der Waals surface area (Å²) < 4.78 is 15.5. The summed E-state index contributed by atoms with van der Waals surface area (Å²) in [5.41, 5.74) is 7.12. The average Bonchev–Trinajstić information content (AvgIpc) is 2.87. The Kier molecular flexibility index (Phi) is 3.53. The molecule has 3 aromatic rings. The number of nitrogens with two attached hydrogens (primary N) is 1. The lowest BCUT2D eigenvalue weighted by Crippen LogP contribution is -2.05. The molecular weight excluding hydrogens is 293 g/mol. The van der Waals surface area contributed by atoms with Crippen molar-refractivity contribution >= 4 is 17.3 Å². The highest BCUT2D eigenvalue weighted by atomic mass is 35.5. The highest BCUT2D eigenvalue weighted by molar-refractivity contribution is 6.30. The van der Waals surface area contributed by atoms with Gasteiger partial charge >= 0.3 is 0 Å². The van der Waals surface area contributed by atoms with Gasteiger partial charge in [0.1, 0.15) is 5.82 Å². The van der Waals surface area contributed by atoms with Gasteiger partial charge in [0.25, 0.3) is 0 Å². The summed E-state index contributed by atoms with van der Waals surface area (Å²) in [4.78, 5) is 0. The molecule has 0 radical (unpaired) electrons. The molecule has 0 saturated heterocycles. The van der Waals surface area contributed by atoms with Crippen molar-refractivity contribution in [1.29, 1.82) is 0 Å². The Balaban J connectivity index is 1.97. The molecule has 2 aromatic carbocycles. The third-order valence-electron chi connectivity index (χ3n) is 2.99. The molecule has 0 unspecified atom stereocenters. The average molecular weight is 304 g/mol. The second-order valence-electron chi connectivity index (χ2n) is 4.53. The van der Waals surface area contributed by atoms with Crippen molar-refractivity contribution in [2.75, 3.05) is 5.73 Å². The van der Waals surface area contributed by atoms with Gasteiger partial charge in [-0.15, -0.1) is 5.10 Å². The maximum absolute atomic E-state index is 14.0. The van der Waals surface area contributed by atoms with Crippen LogP contribution < -0.4 is 5.73 Å². The molecule has 0 aliphatic heterocycles. The van der Waals surface area contributed by atoms with E-state index in [0.29, 0.717) is 28.6 Å². The van der Waals surface area contributed by atoms with E-state index < -0.39 is 5.82 Å². The van der Waals surface area contributed by atoms with Crippen molar-refractivity contribution in [3.63, 3.8) is 0 Å². The van der Waals surface area contributed by atoms with Crippen LogP contribution in [0.4, 0.5) is 10.1 Å². The van der Waals surface area contributed by atoms with Gasteiger partial charge in [-0.1, -0.05) is 23.7 Å². The zero-order valence-corrected chi connectivity index (χ0v) is 11.6. The van der Waals surface area contributed by atoms with Gasteiger partial charge in [-0.2, -0.15) is 0 Å². The summed E-state index contributed by atoms with van der Waals surface area (Å²) in [5.74, 6) is -0.121. The molecule has 7 heteroatoms. The molecule has 0 fully saturated rings. The van der Waals surface area contributed by atoms with Gasteiger partial charge in [-0.05, 0) is 46.3 Å². The molecule has 0 atom stereocenters. The molecule has 3 rings (SSSR count). The van der Waals surface area contributed by atoms with Gasteiger partial charge in [0.05, 0.1) is 12.1 Å². The van der Waals surface area contributed by atoms with Crippen LogP contribution in [0.15, 0.2) is 42.5 Å². The normalized spacial score (nSPS) is 10.8. The Labute approximate surface area is 125 Å². The van der Waals surface area contributed by atoms with E-state index >= 15 is 0 Å². The van der Waals surface area contributed by atoms with Crippen LogP contribution in [0.2, 0.25) is 5.02 Å². The third-order valence-corrected chi connectivity index (χ3v) is 3.22. The fraction of sp³-hybridized carbons (Fsp3) is 0.0714. The topological polar surface area (TPSA) is 69.6 Å². The second-order valence-corrected chi connectivity index (χ2v) is 4.97. The zero-order valence-electron chi connectivity index (χ0n) is 10.9. The van der Waals surface area contributed by atoms with Gasteiger partial charge in [-0.25, -0.2) is 9.07 Å². The minimum atomic E-state index is -0.461. The van der Waals surface area contributed by atoms with Gasteiger partial charge in [0.15, 0.2) is 5.82 Å². The van der Waals surface area contributed by atoms with Crippen LogP contribution in [0, 0.1) is 5.82 Å². The largest absolute Gasteiger partial charge is 0.399 e. The van der Waals surface area contributed by atoms with E-state index in [4.69, 9.17) is 17.3 Å². The smallest absolute Gasteiger partial charge is 0.185 e. The number of aromatic nitrogens is 4. The summed E-state index contributed by atoms with van der Waals surface area (Å²) in [6.07, 6.45) is 0. The van der Waals surface area contributed by atoms with E-state index in [1.54, 1.807) is 18.2 Å². The van der Waals surface area contributed by atoms with E-state index in [9.17, 15) is 4.39 Å². The SMILES string of the molecule is Nc1ccc(-c2nnnn2Cc2cccc(Cl)c2)c(F)c1. The van der Waals surface area contributed by atoms with Crippen molar-refractivity contribution < 1.29 is 4.39 Å². The van der Waals surface area contributed by atoms with Gasteiger partial charge in [-0.3, -0.25) is 0 Å². The van der Waals surface area contributed by atoms with Crippen molar-refractivity contribution in [3.05, 3.63) is 58.9 Å². The van der Waals surface area contributed by atoms with Crippen molar-refractivity contribution in [3.8, 4) is 11.4 Å². The van der Waals surface area contributed by atoms with E-state index in [-0.39, 0.29) is 0 Å². The number of hydrogen-bond donors (Lipinski definition) is 1. The first-order valence-electron chi connectivity index (χ1n) is 6.19. The number of nitrogens with zero attached hydrogens (tertiary/aromatic N) is 4. The van der Waals surface area contributed by atoms with Crippen LogP contribution in [-0.2, 0) is 6.54 Å².